The zero-order valence-electron chi connectivity index (χ0n) is 7.55. The molecule has 1 heterocycles. The van der Waals surface area contributed by atoms with Gasteiger partial charge in [0.15, 0.2) is 0 Å². The van der Waals surface area contributed by atoms with E-state index >= 15 is 0 Å². The van der Waals surface area contributed by atoms with Crippen LogP contribution in [0.2, 0.25) is 0 Å². The molecule has 0 radical (unpaired) electrons. The number of thiazole rings is 1. The van der Waals surface area contributed by atoms with E-state index in [-0.39, 0.29) is 0 Å². The molecule has 0 unspecified atom stereocenters. The minimum absolute atomic E-state index is 0.881. The van der Waals surface area contributed by atoms with Crippen molar-refractivity contribution < 1.29 is 0 Å². The largest absolute Gasteiger partial charge is 0.318 e. The molecule has 0 saturated heterocycles. The first-order valence-corrected chi connectivity index (χ1v) is 4.97. The molecule has 3 nitrogen and oxygen atoms in total. The number of aromatic nitrogens is 1. The third-order valence-electron chi connectivity index (χ3n) is 1.52. The van der Waals surface area contributed by atoms with Gasteiger partial charge in [-0.15, -0.1) is 11.3 Å². The van der Waals surface area contributed by atoms with Gasteiger partial charge in [0.1, 0.15) is 0 Å². The molecular formula is C8H15N3S. The molecule has 0 aliphatic rings. The van der Waals surface area contributed by atoms with E-state index in [1.807, 2.05) is 14.0 Å². The van der Waals surface area contributed by atoms with Crippen LogP contribution in [-0.2, 0) is 6.54 Å². The van der Waals surface area contributed by atoms with Crippen molar-refractivity contribution in [2.45, 2.75) is 13.5 Å². The van der Waals surface area contributed by atoms with Gasteiger partial charge in [0.25, 0.3) is 0 Å². The van der Waals surface area contributed by atoms with Gasteiger partial charge in [0, 0.05) is 25.0 Å². The Morgan fingerprint density at radius 1 is 1.50 bits per heavy atom. The van der Waals surface area contributed by atoms with Crippen molar-refractivity contribution in [3.63, 3.8) is 0 Å². The molecule has 4 heteroatoms. The molecule has 68 valence electrons. The maximum absolute atomic E-state index is 4.34. The fourth-order valence-electron chi connectivity index (χ4n) is 0.919. The molecule has 0 spiro atoms. The highest BCUT2D eigenvalue weighted by Crippen LogP contribution is 2.06. The molecule has 0 aliphatic heterocycles. The summed E-state index contributed by atoms with van der Waals surface area (Å²) in [5, 5.41) is 9.61. The summed E-state index contributed by atoms with van der Waals surface area (Å²) in [6, 6.07) is 0. The van der Waals surface area contributed by atoms with Gasteiger partial charge in [0.05, 0.1) is 10.7 Å². The van der Waals surface area contributed by atoms with Gasteiger partial charge in [-0.25, -0.2) is 4.98 Å². The van der Waals surface area contributed by atoms with E-state index < -0.39 is 0 Å². The Bertz CT molecular complexity index is 222. The average molecular weight is 185 g/mol. The summed E-state index contributed by atoms with van der Waals surface area (Å²) in [6.07, 6.45) is 0. The molecule has 1 rings (SSSR count). The van der Waals surface area contributed by atoms with E-state index in [2.05, 4.69) is 21.0 Å². The van der Waals surface area contributed by atoms with Crippen molar-refractivity contribution >= 4 is 11.3 Å². The van der Waals surface area contributed by atoms with Crippen LogP contribution < -0.4 is 10.6 Å². The Hall–Kier alpha value is -0.450. The Labute approximate surface area is 77.2 Å². The second-order valence-electron chi connectivity index (χ2n) is 2.64. The van der Waals surface area contributed by atoms with Gasteiger partial charge in [-0.2, -0.15) is 0 Å². The van der Waals surface area contributed by atoms with E-state index in [1.165, 1.54) is 0 Å². The number of likely N-dealkylation sites (N-methyl/N-ethyl adjacent to an activating group) is 1. The quantitative estimate of drug-likeness (QED) is 0.665. The van der Waals surface area contributed by atoms with Gasteiger partial charge in [-0.3, -0.25) is 0 Å². The second kappa shape index (κ2) is 5.24. The van der Waals surface area contributed by atoms with Crippen LogP contribution in [0.15, 0.2) is 5.38 Å². The lowest BCUT2D eigenvalue weighted by Gasteiger charge is -2.00. The van der Waals surface area contributed by atoms with E-state index in [4.69, 9.17) is 0 Å². The lowest BCUT2D eigenvalue weighted by molar-refractivity contribution is 0.644. The smallest absolute Gasteiger partial charge is 0.0897 e. The summed E-state index contributed by atoms with van der Waals surface area (Å²) in [5.41, 5.74) is 1.15. The summed E-state index contributed by atoms with van der Waals surface area (Å²) in [6.45, 7) is 4.91. The number of rotatable bonds is 5. The standard InChI is InChI=1S/C8H15N3S/c1-7-11-8(6-12-7)5-10-4-3-9-2/h6,9-10H,3-5H2,1-2H3. The van der Waals surface area contributed by atoms with Crippen molar-refractivity contribution in [3.8, 4) is 0 Å². The first kappa shape index (κ1) is 9.64. The maximum atomic E-state index is 4.34. The summed E-state index contributed by atoms with van der Waals surface area (Å²) in [4.78, 5) is 4.34. The second-order valence-corrected chi connectivity index (χ2v) is 3.70. The Balaban J connectivity index is 2.15. The van der Waals surface area contributed by atoms with Crippen molar-refractivity contribution in [2.24, 2.45) is 0 Å². The molecule has 0 atom stereocenters. The first-order chi connectivity index (χ1) is 5.83. The predicted molar refractivity (Wildman–Crippen MR) is 52.5 cm³/mol. The predicted octanol–water partition coefficient (Wildman–Crippen LogP) is 0.761. The van der Waals surface area contributed by atoms with Gasteiger partial charge in [-0.05, 0) is 14.0 Å². The van der Waals surface area contributed by atoms with Crippen LogP contribution in [-0.4, -0.2) is 25.1 Å². The summed E-state index contributed by atoms with van der Waals surface area (Å²) in [5.74, 6) is 0. The van der Waals surface area contributed by atoms with Crippen molar-refractivity contribution in [1.29, 1.82) is 0 Å². The fourth-order valence-corrected chi connectivity index (χ4v) is 1.53. The highest BCUT2D eigenvalue weighted by atomic mass is 32.1. The summed E-state index contributed by atoms with van der Waals surface area (Å²) < 4.78 is 0. The normalized spacial score (nSPS) is 10.5. The number of aryl methyl sites for hydroxylation is 1. The number of hydrogen-bond acceptors (Lipinski definition) is 4. The van der Waals surface area contributed by atoms with Crippen LogP contribution in [0.4, 0.5) is 0 Å². The molecule has 12 heavy (non-hydrogen) atoms. The molecule has 1 aromatic heterocycles. The molecule has 0 aliphatic carbocycles. The number of hydrogen-bond donors (Lipinski definition) is 2. The van der Waals surface area contributed by atoms with Gasteiger partial charge in [-0.1, -0.05) is 0 Å². The van der Waals surface area contributed by atoms with E-state index in [0.717, 1.165) is 30.3 Å². The highest BCUT2D eigenvalue weighted by Gasteiger charge is 1.95. The Morgan fingerprint density at radius 2 is 2.33 bits per heavy atom. The summed E-state index contributed by atoms with van der Waals surface area (Å²) >= 11 is 1.70. The molecule has 2 N–H and O–H groups in total. The Morgan fingerprint density at radius 3 is 2.92 bits per heavy atom. The molecule has 0 bridgehead atoms. The molecule has 0 saturated carbocycles. The van der Waals surface area contributed by atoms with Gasteiger partial charge < -0.3 is 10.6 Å². The highest BCUT2D eigenvalue weighted by molar-refractivity contribution is 7.09. The van der Waals surface area contributed by atoms with E-state index in [1.54, 1.807) is 11.3 Å². The monoisotopic (exact) mass is 185 g/mol. The van der Waals surface area contributed by atoms with Crippen molar-refractivity contribution in [3.05, 3.63) is 16.1 Å². The van der Waals surface area contributed by atoms with Gasteiger partial charge >= 0.3 is 0 Å². The van der Waals surface area contributed by atoms with Gasteiger partial charge in [0.2, 0.25) is 0 Å². The van der Waals surface area contributed by atoms with Crippen molar-refractivity contribution in [2.75, 3.05) is 20.1 Å². The molecule has 0 amide bonds. The van der Waals surface area contributed by atoms with Crippen molar-refractivity contribution in [1.82, 2.24) is 15.6 Å². The van der Waals surface area contributed by atoms with E-state index in [9.17, 15) is 0 Å². The minimum atomic E-state index is 0.881. The molecule has 0 fully saturated rings. The van der Waals surface area contributed by atoms with Crippen LogP contribution in [0.1, 0.15) is 10.7 Å². The van der Waals surface area contributed by atoms with Crippen LogP contribution >= 0.6 is 11.3 Å². The van der Waals surface area contributed by atoms with Crippen LogP contribution in [0.3, 0.4) is 0 Å². The first-order valence-electron chi connectivity index (χ1n) is 4.09. The lowest BCUT2D eigenvalue weighted by atomic mass is 10.4. The lowest BCUT2D eigenvalue weighted by Crippen LogP contribution is -2.24. The summed E-state index contributed by atoms with van der Waals surface area (Å²) in [7, 11) is 1.95. The molecular weight excluding hydrogens is 170 g/mol. The third kappa shape index (κ3) is 3.30. The number of nitrogens with zero attached hydrogens (tertiary/aromatic N) is 1. The Kier molecular flexibility index (Phi) is 4.21. The number of nitrogens with one attached hydrogen (secondary N) is 2. The van der Waals surface area contributed by atoms with E-state index in [0.29, 0.717) is 0 Å². The van der Waals surface area contributed by atoms with Crippen LogP contribution in [0.25, 0.3) is 0 Å². The zero-order chi connectivity index (χ0) is 8.81. The molecule has 0 aromatic carbocycles. The third-order valence-corrected chi connectivity index (χ3v) is 2.35. The van der Waals surface area contributed by atoms with Crippen LogP contribution in [0.5, 0.6) is 0 Å². The fraction of sp³-hybridized carbons (Fsp3) is 0.625. The minimum Gasteiger partial charge on any atom is -0.318 e. The average Bonchev–Trinajstić information content (AvgIpc) is 2.45. The maximum Gasteiger partial charge on any atom is 0.0897 e. The topological polar surface area (TPSA) is 37.0 Å². The zero-order valence-corrected chi connectivity index (χ0v) is 8.37. The molecule has 1 aromatic rings. The SMILES string of the molecule is CNCCNCc1csc(C)n1. The van der Waals surface area contributed by atoms with Crippen LogP contribution in [0, 0.1) is 6.92 Å².